The summed E-state index contributed by atoms with van der Waals surface area (Å²) >= 11 is 0. The largest absolute Gasteiger partial charge is 0.310 e. The van der Waals surface area contributed by atoms with Gasteiger partial charge in [-0.25, -0.2) is 0 Å². The van der Waals surface area contributed by atoms with Gasteiger partial charge in [-0.05, 0) is 195 Å². The first-order valence-corrected chi connectivity index (χ1v) is 24.0. The molecule has 1 nitrogen and oxygen atoms in total. The number of aryl methyl sites for hydroxylation is 1. The van der Waals surface area contributed by atoms with Crippen LogP contribution in [0.15, 0.2) is 212 Å². The fraction of sp³-hybridized carbons (Fsp3) is 0.188. The van der Waals surface area contributed by atoms with Crippen molar-refractivity contribution in [3.63, 3.8) is 0 Å². The summed E-state index contributed by atoms with van der Waals surface area (Å²) in [5.74, 6) is 2.74. The molecule has 65 heavy (non-hydrogen) atoms. The maximum Gasteiger partial charge on any atom is 0.0714 e. The number of fused-ring (bicyclic) bond motifs is 4. The topological polar surface area (TPSA) is 3.24 Å². The fourth-order valence-corrected chi connectivity index (χ4v) is 13.8. The zero-order chi connectivity index (χ0) is 43.1. The standard InChI is InChI=1S/C64H53N/c1-43-14-13-23-60-62(43)57-33-32-56(39-61(57)64(60,52-19-7-3-8-20-52)53-21-9-4-10-22-53)65(55-30-26-51(27-31-55)63-40-44-34-45(41-63)36-46(35-44)42-63)54-28-24-48(25-29-54)59-38-50-18-12-11-17-49(50)37-58(59)47-15-5-2-6-16-47/h2-33,37-39,44-46H,34-36,40-42H2,1H3. The Labute approximate surface area is 384 Å². The molecule has 4 bridgehead atoms. The van der Waals surface area contributed by atoms with Crippen LogP contribution in [-0.4, -0.2) is 0 Å². The Kier molecular flexibility index (Phi) is 8.92. The van der Waals surface area contributed by atoms with Crippen LogP contribution in [0.1, 0.15) is 71.9 Å². The molecule has 5 aliphatic carbocycles. The molecule has 5 aliphatic rings. The maximum absolute atomic E-state index is 2.52. The highest BCUT2D eigenvalue weighted by Gasteiger charge is 2.52. The summed E-state index contributed by atoms with van der Waals surface area (Å²) in [5.41, 5.74) is 19.1. The third-order valence-corrected chi connectivity index (χ3v) is 16.2. The van der Waals surface area contributed by atoms with E-state index in [4.69, 9.17) is 0 Å². The molecule has 4 saturated carbocycles. The Morgan fingerprint density at radius 1 is 0.385 bits per heavy atom. The van der Waals surface area contributed by atoms with Gasteiger partial charge in [0.05, 0.1) is 5.41 Å². The van der Waals surface area contributed by atoms with Crippen LogP contribution in [0.2, 0.25) is 0 Å². The van der Waals surface area contributed by atoms with Crippen molar-refractivity contribution in [2.45, 2.75) is 56.3 Å². The van der Waals surface area contributed by atoms with Crippen LogP contribution in [0.25, 0.3) is 44.2 Å². The lowest BCUT2D eigenvalue weighted by Crippen LogP contribution is -2.48. The van der Waals surface area contributed by atoms with E-state index in [0.29, 0.717) is 5.41 Å². The van der Waals surface area contributed by atoms with E-state index in [1.807, 2.05) is 0 Å². The van der Waals surface area contributed by atoms with E-state index in [1.54, 1.807) is 5.56 Å². The Hall–Kier alpha value is -6.96. The number of hydrogen-bond donors (Lipinski definition) is 0. The molecule has 0 aromatic heterocycles. The molecule has 0 amide bonds. The Bertz CT molecular complexity index is 3140. The second-order valence-electron chi connectivity index (χ2n) is 19.9. The molecule has 9 aromatic rings. The van der Waals surface area contributed by atoms with E-state index in [-0.39, 0.29) is 0 Å². The van der Waals surface area contributed by atoms with Gasteiger partial charge >= 0.3 is 0 Å². The lowest BCUT2D eigenvalue weighted by molar-refractivity contribution is -0.00518. The van der Waals surface area contributed by atoms with Gasteiger partial charge in [0.1, 0.15) is 0 Å². The minimum absolute atomic E-state index is 0.345. The molecule has 0 N–H and O–H groups in total. The second-order valence-corrected chi connectivity index (χ2v) is 19.9. The first-order valence-electron chi connectivity index (χ1n) is 24.0. The van der Waals surface area contributed by atoms with Gasteiger partial charge in [-0.3, -0.25) is 0 Å². The maximum atomic E-state index is 2.52. The summed E-state index contributed by atoms with van der Waals surface area (Å²) in [6.45, 7) is 2.28. The number of rotatable bonds is 8. The van der Waals surface area contributed by atoms with Gasteiger partial charge in [0.25, 0.3) is 0 Å². The molecule has 1 heteroatoms. The van der Waals surface area contributed by atoms with Crippen LogP contribution in [0.3, 0.4) is 0 Å². The zero-order valence-electron chi connectivity index (χ0n) is 37.1. The lowest BCUT2D eigenvalue weighted by atomic mass is 9.48. The summed E-state index contributed by atoms with van der Waals surface area (Å²) < 4.78 is 0. The molecule has 0 saturated heterocycles. The van der Waals surface area contributed by atoms with Crippen LogP contribution in [0.5, 0.6) is 0 Å². The van der Waals surface area contributed by atoms with Gasteiger partial charge in [-0.15, -0.1) is 0 Å². The number of benzene rings is 9. The van der Waals surface area contributed by atoms with E-state index in [2.05, 4.69) is 224 Å². The van der Waals surface area contributed by atoms with Crippen molar-refractivity contribution in [1.82, 2.24) is 0 Å². The molecular formula is C64H53N. The van der Waals surface area contributed by atoms with Crippen molar-refractivity contribution >= 4 is 27.8 Å². The minimum atomic E-state index is -0.489. The van der Waals surface area contributed by atoms with Crippen LogP contribution in [0.4, 0.5) is 17.1 Å². The summed E-state index contributed by atoms with van der Waals surface area (Å²) in [6.07, 6.45) is 8.49. The van der Waals surface area contributed by atoms with E-state index in [1.165, 1.54) is 116 Å². The monoisotopic (exact) mass is 835 g/mol. The Morgan fingerprint density at radius 3 is 1.45 bits per heavy atom. The summed E-state index contributed by atoms with van der Waals surface area (Å²) in [5, 5.41) is 2.51. The molecular weight excluding hydrogens is 783 g/mol. The lowest BCUT2D eigenvalue weighted by Gasteiger charge is -2.57. The van der Waals surface area contributed by atoms with Crippen LogP contribution < -0.4 is 4.90 Å². The van der Waals surface area contributed by atoms with E-state index in [0.717, 1.165) is 29.1 Å². The number of hydrogen-bond acceptors (Lipinski definition) is 1. The molecule has 0 heterocycles. The average molecular weight is 836 g/mol. The van der Waals surface area contributed by atoms with Crippen molar-refractivity contribution in [2.75, 3.05) is 4.90 Å². The highest BCUT2D eigenvalue weighted by atomic mass is 15.1. The third-order valence-electron chi connectivity index (χ3n) is 16.2. The highest BCUT2D eigenvalue weighted by molar-refractivity contribution is 5.97. The number of anilines is 3. The van der Waals surface area contributed by atoms with Crippen molar-refractivity contribution in [2.24, 2.45) is 17.8 Å². The van der Waals surface area contributed by atoms with Gasteiger partial charge in [-0.2, -0.15) is 0 Å². The Balaban J connectivity index is 0.990. The molecule has 0 aliphatic heterocycles. The molecule has 0 unspecified atom stereocenters. The van der Waals surface area contributed by atoms with Crippen molar-refractivity contribution in [1.29, 1.82) is 0 Å². The van der Waals surface area contributed by atoms with E-state index < -0.39 is 5.41 Å². The van der Waals surface area contributed by atoms with Gasteiger partial charge in [0.2, 0.25) is 0 Å². The van der Waals surface area contributed by atoms with Crippen LogP contribution in [0, 0.1) is 24.7 Å². The minimum Gasteiger partial charge on any atom is -0.310 e. The molecule has 0 spiro atoms. The SMILES string of the molecule is Cc1cccc2c1-c1ccc(N(c3ccc(-c4cc5ccccc5cc4-c4ccccc4)cc3)c3ccc(C45CC6CC(CC(C6)C4)C5)cc3)cc1C2(c1ccccc1)c1ccccc1. The predicted molar refractivity (Wildman–Crippen MR) is 271 cm³/mol. The predicted octanol–water partition coefficient (Wildman–Crippen LogP) is 16.8. The van der Waals surface area contributed by atoms with Gasteiger partial charge < -0.3 is 4.90 Å². The molecule has 9 aromatic carbocycles. The van der Waals surface area contributed by atoms with E-state index >= 15 is 0 Å². The summed E-state index contributed by atoms with van der Waals surface area (Å²) in [7, 11) is 0. The van der Waals surface area contributed by atoms with Gasteiger partial charge in [-0.1, -0.05) is 164 Å². The number of nitrogens with zero attached hydrogens (tertiary/aromatic N) is 1. The first-order chi connectivity index (χ1) is 32.0. The van der Waals surface area contributed by atoms with Crippen molar-refractivity contribution in [3.8, 4) is 33.4 Å². The molecule has 4 fully saturated rings. The zero-order valence-corrected chi connectivity index (χ0v) is 37.1. The molecule has 14 rings (SSSR count). The van der Waals surface area contributed by atoms with Crippen molar-refractivity contribution < 1.29 is 0 Å². The van der Waals surface area contributed by atoms with Gasteiger partial charge in [0, 0.05) is 17.1 Å². The molecule has 0 atom stereocenters. The smallest absolute Gasteiger partial charge is 0.0714 e. The summed E-state index contributed by atoms with van der Waals surface area (Å²) in [4.78, 5) is 2.52. The normalized spacial score (nSPS) is 21.0. The van der Waals surface area contributed by atoms with Gasteiger partial charge in [0.15, 0.2) is 0 Å². The second kappa shape index (κ2) is 15.1. The quantitative estimate of drug-likeness (QED) is 0.147. The van der Waals surface area contributed by atoms with Crippen molar-refractivity contribution in [3.05, 3.63) is 246 Å². The van der Waals surface area contributed by atoms with Crippen LogP contribution in [-0.2, 0) is 10.8 Å². The van der Waals surface area contributed by atoms with E-state index in [9.17, 15) is 0 Å². The third kappa shape index (κ3) is 6.12. The fourth-order valence-electron chi connectivity index (χ4n) is 13.8. The summed E-state index contributed by atoms with van der Waals surface area (Å²) in [6, 6.07) is 80.2. The average Bonchev–Trinajstić information content (AvgIpc) is 3.66. The van der Waals surface area contributed by atoms with Crippen LogP contribution >= 0.6 is 0 Å². The Morgan fingerprint density at radius 2 is 0.877 bits per heavy atom. The first kappa shape index (κ1) is 38.5. The highest BCUT2D eigenvalue weighted by Crippen LogP contribution is 2.61. The molecule has 0 radical (unpaired) electrons. The molecule has 314 valence electrons.